The van der Waals surface area contributed by atoms with Crippen LogP contribution in [0.4, 0.5) is 0 Å². The highest BCUT2D eigenvalue weighted by molar-refractivity contribution is 5.89. The standard InChI is InChI=1S/C21H25N5O10/c1-11(27)33-8-14-17(34-12(2)28)18(35-13(3)29)21(36-14)26-10-22-16-19(26)23-9-25(20(16)31)7-6-15(30)24(4)32-5/h6-7,9-10,14,17-18,21H,8H2,1-5H3/b7-6+/t14-,17-,18-,21-/m1/s1. The number of esters is 3. The third-order valence-electron chi connectivity index (χ3n) is 5.09. The normalized spacial score (nSPS) is 21.5. The number of hydrogen-bond acceptors (Lipinski definition) is 12. The average molecular weight is 507 g/mol. The van der Waals surface area contributed by atoms with Crippen LogP contribution in [0.2, 0.25) is 0 Å². The van der Waals surface area contributed by atoms with E-state index in [4.69, 9.17) is 23.8 Å². The Morgan fingerprint density at radius 3 is 2.33 bits per heavy atom. The summed E-state index contributed by atoms with van der Waals surface area (Å²) in [4.78, 5) is 72.8. The number of hydroxylamine groups is 2. The van der Waals surface area contributed by atoms with Crippen molar-refractivity contribution in [1.82, 2.24) is 24.2 Å². The molecule has 0 saturated carbocycles. The summed E-state index contributed by atoms with van der Waals surface area (Å²) >= 11 is 0. The van der Waals surface area contributed by atoms with Crippen molar-refractivity contribution in [2.75, 3.05) is 20.8 Å². The van der Waals surface area contributed by atoms with Gasteiger partial charge in [-0.2, -0.15) is 0 Å². The van der Waals surface area contributed by atoms with Gasteiger partial charge in [0.15, 0.2) is 29.6 Å². The Kier molecular flexibility index (Phi) is 8.16. The molecule has 2 aromatic heterocycles. The molecule has 0 N–H and O–H groups in total. The Bertz CT molecular complexity index is 1250. The van der Waals surface area contributed by atoms with Gasteiger partial charge in [-0.05, 0) is 0 Å². The van der Waals surface area contributed by atoms with E-state index in [2.05, 4.69) is 9.97 Å². The summed E-state index contributed by atoms with van der Waals surface area (Å²) in [6.07, 6.45) is 0.305. The molecule has 3 rings (SSSR count). The number of nitrogens with zero attached hydrogens (tertiary/aromatic N) is 5. The van der Waals surface area contributed by atoms with Crippen LogP contribution in [0.3, 0.4) is 0 Å². The molecule has 4 atom stereocenters. The maximum absolute atomic E-state index is 12.9. The first kappa shape index (κ1) is 26.5. The van der Waals surface area contributed by atoms with Crippen molar-refractivity contribution in [1.29, 1.82) is 0 Å². The highest BCUT2D eigenvalue weighted by Crippen LogP contribution is 2.35. The first-order valence-electron chi connectivity index (χ1n) is 10.6. The third-order valence-corrected chi connectivity index (χ3v) is 5.09. The van der Waals surface area contributed by atoms with E-state index in [-0.39, 0.29) is 17.8 Å². The van der Waals surface area contributed by atoms with E-state index in [1.807, 2.05) is 0 Å². The van der Waals surface area contributed by atoms with Crippen molar-refractivity contribution in [3.05, 3.63) is 29.1 Å². The van der Waals surface area contributed by atoms with Crippen molar-refractivity contribution < 1.29 is 43.0 Å². The number of hydrogen-bond donors (Lipinski definition) is 0. The van der Waals surface area contributed by atoms with Crippen molar-refractivity contribution in [3.63, 3.8) is 0 Å². The Balaban J connectivity index is 2.00. The second kappa shape index (κ2) is 11.1. The van der Waals surface area contributed by atoms with Crippen LogP contribution < -0.4 is 5.56 Å². The number of amides is 1. The predicted octanol–water partition coefficient (Wildman–Crippen LogP) is -0.593. The van der Waals surface area contributed by atoms with Crippen LogP contribution in [0.15, 0.2) is 23.5 Å². The van der Waals surface area contributed by atoms with Crippen molar-refractivity contribution >= 4 is 41.2 Å². The SMILES string of the molecule is CON(C)C(=O)/C=C/n1cnc2c(ncn2[C@@H]2O[C@H](COC(C)=O)[C@@H](OC(C)=O)[C@H]2OC(C)=O)c1=O. The molecule has 1 aliphatic heterocycles. The first-order chi connectivity index (χ1) is 17.0. The fraction of sp³-hybridized carbons (Fsp3) is 0.476. The number of likely N-dealkylation sites (N-methyl/N-ethyl adjacent to an activating group) is 1. The third kappa shape index (κ3) is 5.75. The quantitative estimate of drug-likeness (QED) is 0.193. The Hall–Kier alpha value is -4.11. The number of fused-ring (bicyclic) bond motifs is 1. The summed E-state index contributed by atoms with van der Waals surface area (Å²) < 4.78 is 24.1. The molecule has 0 spiro atoms. The lowest BCUT2D eigenvalue weighted by Gasteiger charge is -2.23. The lowest BCUT2D eigenvalue weighted by molar-refractivity contribution is -0.166. The summed E-state index contributed by atoms with van der Waals surface area (Å²) in [5, 5.41) is 0.959. The second-order valence-corrected chi connectivity index (χ2v) is 7.63. The highest BCUT2D eigenvalue weighted by Gasteiger charge is 2.51. The minimum absolute atomic E-state index is 0.0712. The number of aromatic nitrogens is 4. The van der Waals surface area contributed by atoms with Crippen LogP contribution in [0.5, 0.6) is 0 Å². The van der Waals surface area contributed by atoms with Gasteiger partial charge < -0.3 is 18.9 Å². The molecule has 15 heteroatoms. The van der Waals surface area contributed by atoms with E-state index in [0.717, 1.165) is 22.0 Å². The molecule has 0 radical (unpaired) electrons. The maximum Gasteiger partial charge on any atom is 0.303 e. The van der Waals surface area contributed by atoms with Gasteiger partial charge in [-0.1, -0.05) is 0 Å². The largest absolute Gasteiger partial charge is 0.463 e. The summed E-state index contributed by atoms with van der Waals surface area (Å²) in [6, 6.07) is 0. The van der Waals surface area contributed by atoms with Gasteiger partial charge in [0.05, 0.1) is 13.4 Å². The van der Waals surface area contributed by atoms with Crippen LogP contribution in [-0.4, -0.2) is 87.1 Å². The smallest absolute Gasteiger partial charge is 0.303 e. The van der Waals surface area contributed by atoms with E-state index >= 15 is 0 Å². The lowest BCUT2D eigenvalue weighted by Crippen LogP contribution is -2.40. The molecule has 1 saturated heterocycles. The van der Waals surface area contributed by atoms with E-state index in [1.54, 1.807) is 0 Å². The minimum atomic E-state index is -1.17. The zero-order valence-corrected chi connectivity index (χ0v) is 20.1. The number of imidazole rings is 1. The monoisotopic (exact) mass is 507 g/mol. The molecule has 15 nitrogen and oxygen atoms in total. The van der Waals surface area contributed by atoms with Gasteiger partial charge in [0.2, 0.25) is 0 Å². The summed E-state index contributed by atoms with van der Waals surface area (Å²) in [6.45, 7) is 3.24. The summed E-state index contributed by atoms with van der Waals surface area (Å²) in [5.74, 6) is -2.47. The molecule has 0 aliphatic carbocycles. The van der Waals surface area contributed by atoms with Crippen molar-refractivity contribution in [3.8, 4) is 0 Å². The second-order valence-electron chi connectivity index (χ2n) is 7.63. The molecule has 194 valence electrons. The highest BCUT2D eigenvalue weighted by atomic mass is 16.7. The Labute approximate surface area is 204 Å². The van der Waals surface area contributed by atoms with E-state index in [0.29, 0.717) is 0 Å². The van der Waals surface area contributed by atoms with Gasteiger partial charge in [-0.15, -0.1) is 0 Å². The molecule has 1 fully saturated rings. The van der Waals surface area contributed by atoms with Gasteiger partial charge >= 0.3 is 17.9 Å². The number of rotatable bonds is 8. The molecular formula is C21H25N5O10. The molecule has 1 aliphatic rings. The zero-order chi connectivity index (χ0) is 26.6. The van der Waals surface area contributed by atoms with E-state index < -0.39 is 53.9 Å². The predicted molar refractivity (Wildman–Crippen MR) is 119 cm³/mol. The molecule has 2 aromatic rings. The summed E-state index contributed by atoms with van der Waals surface area (Å²) in [7, 11) is 2.71. The fourth-order valence-corrected chi connectivity index (χ4v) is 3.47. The molecule has 0 bridgehead atoms. The lowest BCUT2D eigenvalue weighted by atomic mass is 10.1. The van der Waals surface area contributed by atoms with Gasteiger partial charge in [0, 0.05) is 40.1 Å². The van der Waals surface area contributed by atoms with Crippen LogP contribution in [0.25, 0.3) is 17.4 Å². The van der Waals surface area contributed by atoms with Gasteiger partial charge in [-0.25, -0.2) is 15.0 Å². The Morgan fingerprint density at radius 2 is 1.72 bits per heavy atom. The molecular weight excluding hydrogens is 482 g/mol. The minimum Gasteiger partial charge on any atom is -0.463 e. The van der Waals surface area contributed by atoms with E-state index in [9.17, 15) is 24.0 Å². The number of carbonyl (C=O) groups is 4. The van der Waals surface area contributed by atoms with Gasteiger partial charge in [0.25, 0.3) is 11.5 Å². The first-order valence-corrected chi connectivity index (χ1v) is 10.6. The summed E-state index contributed by atoms with van der Waals surface area (Å²) in [5.41, 5.74) is -0.605. The Morgan fingerprint density at radius 1 is 1.06 bits per heavy atom. The van der Waals surface area contributed by atoms with Crippen molar-refractivity contribution in [2.45, 2.75) is 45.3 Å². The van der Waals surface area contributed by atoms with Crippen LogP contribution in [-0.2, 0) is 43.0 Å². The van der Waals surface area contributed by atoms with Crippen molar-refractivity contribution in [2.24, 2.45) is 0 Å². The van der Waals surface area contributed by atoms with Gasteiger partial charge in [-0.3, -0.25) is 37.9 Å². The maximum atomic E-state index is 12.9. The topological polar surface area (TPSA) is 170 Å². The molecule has 0 unspecified atom stereocenters. The number of ether oxygens (including phenoxy) is 4. The molecule has 36 heavy (non-hydrogen) atoms. The van der Waals surface area contributed by atoms with Gasteiger partial charge in [0.1, 0.15) is 19.0 Å². The molecule has 0 aromatic carbocycles. The van der Waals surface area contributed by atoms with Crippen LogP contribution in [0, 0.1) is 0 Å². The molecule has 3 heterocycles. The molecule has 1 amide bonds. The van der Waals surface area contributed by atoms with Crippen LogP contribution in [0.1, 0.15) is 27.0 Å². The van der Waals surface area contributed by atoms with E-state index in [1.165, 1.54) is 52.0 Å². The van der Waals surface area contributed by atoms with Crippen LogP contribution >= 0.6 is 0 Å². The zero-order valence-electron chi connectivity index (χ0n) is 20.1. The average Bonchev–Trinajstić information content (AvgIpc) is 3.38. The fourth-order valence-electron chi connectivity index (χ4n) is 3.47. The number of carbonyl (C=O) groups excluding carboxylic acids is 4.